The highest BCUT2D eigenvalue weighted by Crippen LogP contribution is 2.51. The number of aromatic nitrogens is 3. The molecular weight excluding hydrogens is 477 g/mol. The van der Waals surface area contributed by atoms with E-state index in [9.17, 15) is 10.1 Å². The minimum absolute atomic E-state index is 0.0159. The van der Waals surface area contributed by atoms with Crippen molar-refractivity contribution in [3.63, 3.8) is 0 Å². The molecule has 0 aliphatic heterocycles. The van der Waals surface area contributed by atoms with Crippen LogP contribution in [0.25, 0.3) is 28.7 Å². The molecule has 192 valence electrons. The Morgan fingerprint density at radius 2 is 2.03 bits per heavy atom. The smallest absolute Gasteiger partial charge is 0.176 e. The topological polar surface area (TPSA) is 82.8 Å². The van der Waals surface area contributed by atoms with Gasteiger partial charge in [-0.1, -0.05) is 38.1 Å². The van der Waals surface area contributed by atoms with Gasteiger partial charge < -0.3 is 4.90 Å². The van der Waals surface area contributed by atoms with Gasteiger partial charge in [0.15, 0.2) is 11.6 Å². The average molecular weight is 508 g/mol. The summed E-state index contributed by atoms with van der Waals surface area (Å²) in [5.74, 6) is -0.334. The molecular formula is C31H30FN5O. The molecule has 2 heterocycles. The van der Waals surface area contributed by atoms with Crippen LogP contribution in [0.1, 0.15) is 37.2 Å². The molecule has 38 heavy (non-hydrogen) atoms. The number of fused-ring (bicyclic) bond motifs is 3. The van der Waals surface area contributed by atoms with E-state index in [4.69, 9.17) is 9.97 Å². The van der Waals surface area contributed by atoms with Crippen LogP contribution in [0.5, 0.6) is 0 Å². The van der Waals surface area contributed by atoms with E-state index in [0.717, 1.165) is 35.5 Å². The summed E-state index contributed by atoms with van der Waals surface area (Å²) < 4.78 is 15.1. The first-order valence-corrected chi connectivity index (χ1v) is 12.8. The molecule has 7 heteroatoms. The average Bonchev–Trinajstić information content (AvgIpc) is 2.90. The Labute approximate surface area is 222 Å². The predicted molar refractivity (Wildman–Crippen MR) is 145 cm³/mol. The number of carbonyl (C=O) groups excluding carboxylic acids is 1. The third-order valence-electron chi connectivity index (χ3n) is 7.77. The maximum atomic E-state index is 15.1. The van der Waals surface area contributed by atoms with Crippen LogP contribution in [0, 0.1) is 29.0 Å². The van der Waals surface area contributed by atoms with E-state index < -0.39 is 5.41 Å². The van der Waals surface area contributed by atoms with Crippen LogP contribution in [0.15, 0.2) is 60.3 Å². The summed E-state index contributed by atoms with van der Waals surface area (Å²) in [6.07, 6.45) is 8.84. The Kier molecular flexibility index (Phi) is 6.77. The van der Waals surface area contributed by atoms with E-state index in [0.29, 0.717) is 23.5 Å². The van der Waals surface area contributed by atoms with Crippen molar-refractivity contribution in [1.29, 1.82) is 5.26 Å². The summed E-state index contributed by atoms with van der Waals surface area (Å²) in [7, 11) is 4.00. The van der Waals surface area contributed by atoms with Gasteiger partial charge in [-0.2, -0.15) is 5.26 Å². The predicted octanol–water partition coefficient (Wildman–Crippen LogP) is 5.41. The summed E-state index contributed by atoms with van der Waals surface area (Å²) in [6.45, 7) is 4.72. The number of Topliss-reactive ketones (excluding diaryl/α,β-unsaturated/α-hetero) is 1. The quantitative estimate of drug-likeness (QED) is 0.459. The highest BCUT2D eigenvalue weighted by Gasteiger charge is 2.49. The summed E-state index contributed by atoms with van der Waals surface area (Å²) in [5, 5.41) is 9.73. The molecule has 0 N–H and O–H groups in total. The van der Waals surface area contributed by atoms with Crippen molar-refractivity contribution in [2.75, 3.05) is 20.6 Å². The second-order valence-corrected chi connectivity index (χ2v) is 10.6. The summed E-state index contributed by atoms with van der Waals surface area (Å²) in [4.78, 5) is 29.4. The van der Waals surface area contributed by atoms with Crippen molar-refractivity contribution >= 4 is 11.9 Å². The molecule has 3 aromatic rings. The zero-order valence-electron chi connectivity index (χ0n) is 22.1. The fraction of sp³-hybridized carbons (Fsp3) is 0.323. The lowest BCUT2D eigenvalue weighted by molar-refractivity contribution is -0.121. The van der Waals surface area contributed by atoms with Crippen LogP contribution < -0.4 is 0 Å². The summed E-state index contributed by atoms with van der Waals surface area (Å²) in [6, 6.07) is 12.5. The van der Waals surface area contributed by atoms with Crippen LogP contribution in [0.3, 0.4) is 0 Å². The number of allylic oxidation sites excluding steroid dienone is 2. The molecule has 0 saturated heterocycles. The lowest BCUT2D eigenvalue weighted by Crippen LogP contribution is -2.46. The van der Waals surface area contributed by atoms with Gasteiger partial charge in [0, 0.05) is 40.8 Å². The van der Waals surface area contributed by atoms with E-state index in [1.807, 2.05) is 52.2 Å². The number of nitriles is 1. The van der Waals surface area contributed by atoms with Crippen molar-refractivity contribution in [3.8, 4) is 28.7 Å². The van der Waals surface area contributed by atoms with Crippen LogP contribution in [0.2, 0.25) is 0 Å². The van der Waals surface area contributed by atoms with Crippen molar-refractivity contribution in [2.24, 2.45) is 11.8 Å². The molecule has 2 aromatic heterocycles. The molecule has 0 saturated carbocycles. The second kappa shape index (κ2) is 10.0. The maximum Gasteiger partial charge on any atom is 0.176 e. The number of carbonyl (C=O) groups is 1. The van der Waals surface area contributed by atoms with Gasteiger partial charge >= 0.3 is 0 Å². The molecule has 1 aromatic carbocycles. The van der Waals surface area contributed by atoms with Gasteiger partial charge in [-0.05, 0) is 63.2 Å². The first-order chi connectivity index (χ1) is 18.2. The fourth-order valence-electron chi connectivity index (χ4n) is 5.84. The summed E-state index contributed by atoms with van der Waals surface area (Å²) >= 11 is 0. The van der Waals surface area contributed by atoms with Gasteiger partial charge in [-0.3, -0.25) is 9.78 Å². The van der Waals surface area contributed by atoms with Gasteiger partial charge in [0.2, 0.25) is 0 Å². The highest BCUT2D eigenvalue weighted by molar-refractivity contribution is 6.02. The minimum atomic E-state index is -0.662. The van der Waals surface area contributed by atoms with Gasteiger partial charge in [0.05, 0.1) is 22.7 Å². The van der Waals surface area contributed by atoms with E-state index in [2.05, 4.69) is 16.0 Å². The lowest BCUT2D eigenvalue weighted by Gasteiger charge is -2.45. The Hall–Kier alpha value is -4.02. The van der Waals surface area contributed by atoms with Gasteiger partial charge in [-0.15, -0.1) is 0 Å². The zero-order valence-corrected chi connectivity index (χ0v) is 22.1. The summed E-state index contributed by atoms with van der Waals surface area (Å²) in [5.41, 5.74) is 3.63. The number of ketones is 1. The molecule has 2 aliphatic carbocycles. The van der Waals surface area contributed by atoms with Gasteiger partial charge in [0.25, 0.3) is 0 Å². The van der Waals surface area contributed by atoms with Crippen LogP contribution in [-0.2, 0) is 16.6 Å². The number of nitrogens with zero attached hydrogens (tertiary/aromatic N) is 5. The van der Waals surface area contributed by atoms with Crippen molar-refractivity contribution in [1.82, 2.24) is 19.9 Å². The number of pyridine rings is 1. The number of hydrogen-bond acceptors (Lipinski definition) is 6. The third-order valence-corrected chi connectivity index (χ3v) is 7.77. The molecule has 2 aliphatic rings. The standard InChI is InChI=1S/C31H30FN5O/c1-19-25-12-11-24-27(23-9-5-6-10-26(23)32)35-30(20-13-14-34-22(16-20)8-7-15-37(3)4)36-29(24)31(25,2)17-21(18-33)28(19)38/h5-10,13-14,16-17,19,25H,11-12,15H2,1-4H3/t19-,25-,31-/m1/s1. The Morgan fingerprint density at radius 3 is 2.76 bits per heavy atom. The number of rotatable bonds is 5. The van der Waals surface area contributed by atoms with Crippen molar-refractivity contribution < 1.29 is 9.18 Å². The molecule has 0 bridgehead atoms. The number of benzene rings is 1. The minimum Gasteiger partial charge on any atom is -0.306 e. The Bertz CT molecular complexity index is 1520. The molecule has 0 radical (unpaired) electrons. The fourth-order valence-corrected chi connectivity index (χ4v) is 5.84. The molecule has 6 nitrogen and oxygen atoms in total. The van der Waals surface area contributed by atoms with Gasteiger partial charge in [-0.25, -0.2) is 14.4 Å². The Morgan fingerprint density at radius 1 is 1.24 bits per heavy atom. The molecule has 3 atom stereocenters. The van der Waals surface area contributed by atoms with Crippen molar-refractivity contribution in [2.45, 2.75) is 32.1 Å². The SMILES string of the molecule is C[C@H]1C(=O)C(C#N)=C[C@@]2(C)c3nc(-c4ccnc(C=CCN(C)C)c4)nc(-c4ccccc4F)c3CC[C@H]12. The van der Waals surface area contributed by atoms with E-state index >= 15 is 4.39 Å². The van der Waals surface area contributed by atoms with E-state index in [-0.39, 0.29) is 29.0 Å². The number of likely N-dealkylation sites (N-methyl/N-ethyl adjacent to an activating group) is 1. The maximum absolute atomic E-state index is 15.1. The zero-order chi connectivity index (χ0) is 27.0. The Balaban J connectivity index is 1.74. The lowest BCUT2D eigenvalue weighted by atomic mass is 9.57. The van der Waals surface area contributed by atoms with E-state index in [1.165, 1.54) is 6.07 Å². The highest BCUT2D eigenvalue weighted by atomic mass is 19.1. The molecule has 0 amide bonds. The third kappa shape index (κ3) is 4.46. The second-order valence-electron chi connectivity index (χ2n) is 10.6. The molecule has 5 rings (SSSR count). The largest absolute Gasteiger partial charge is 0.306 e. The first-order valence-electron chi connectivity index (χ1n) is 12.8. The molecule has 0 unspecified atom stereocenters. The molecule has 0 spiro atoms. The number of hydrogen-bond donors (Lipinski definition) is 0. The van der Waals surface area contributed by atoms with Gasteiger partial charge in [0.1, 0.15) is 11.9 Å². The first kappa shape index (κ1) is 25.6. The van der Waals surface area contributed by atoms with Crippen LogP contribution in [-0.4, -0.2) is 46.3 Å². The van der Waals surface area contributed by atoms with E-state index in [1.54, 1.807) is 30.5 Å². The van der Waals surface area contributed by atoms with Crippen LogP contribution >= 0.6 is 0 Å². The normalized spacial score (nSPS) is 22.7. The monoisotopic (exact) mass is 507 g/mol. The molecule has 0 fully saturated rings. The van der Waals surface area contributed by atoms with Crippen molar-refractivity contribution in [3.05, 3.63) is 83.1 Å². The number of halogens is 1. The van der Waals surface area contributed by atoms with Crippen LogP contribution in [0.4, 0.5) is 4.39 Å².